The van der Waals surface area contributed by atoms with E-state index in [0.29, 0.717) is 10.6 Å². The number of thiocarbonyl (C=S) groups is 1. The molecule has 0 atom stereocenters. The van der Waals surface area contributed by atoms with Gasteiger partial charge in [0.15, 0.2) is 5.11 Å². The van der Waals surface area contributed by atoms with Gasteiger partial charge in [-0.25, -0.2) is 0 Å². The highest BCUT2D eigenvalue weighted by molar-refractivity contribution is 7.80. The molecule has 2 rings (SSSR count). The molecule has 0 unspecified atom stereocenters. The van der Waals surface area contributed by atoms with E-state index in [2.05, 4.69) is 21.5 Å². The Balaban J connectivity index is 1.72. The largest absolute Gasteiger partial charge is 0.326 e. The number of hydrogen-bond acceptors (Lipinski definition) is 4. The molecule has 9 heteroatoms. The number of hydrazine groups is 1. The maximum atomic E-state index is 12.0. The summed E-state index contributed by atoms with van der Waals surface area (Å²) in [6.07, 6.45) is -0.0446. The molecule has 0 aliphatic rings. The molecule has 2 aromatic rings. The first kappa shape index (κ1) is 22.3. The molecule has 0 aliphatic heterocycles. The summed E-state index contributed by atoms with van der Waals surface area (Å²) >= 11 is 10.8. The van der Waals surface area contributed by atoms with Crippen LogP contribution in [0.5, 0.6) is 0 Å². The van der Waals surface area contributed by atoms with Crippen LogP contribution in [0.15, 0.2) is 42.5 Å². The van der Waals surface area contributed by atoms with Gasteiger partial charge in [-0.2, -0.15) is 0 Å². The lowest BCUT2D eigenvalue weighted by Crippen LogP contribution is -2.48. The van der Waals surface area contributed by atoms with Crippen LogP contribution in [-0.4, -0.2) is 22.8 Å². The smallest absolute Gasteiger partial charge is 0.257 e. The summed E-state index contributed by atoms with van der Waals surface area (Å²) in [5.74, 6) is -1.18. The second-order valence-corrected chi connectivity index (χ2v) is 7.18. The molecular formula is C20H21ClN4O3S. The number of halogens is 1. The van der Waals surface area contributed by atoms with Crippen LogP contribution in [0.3, 0.4) is 0 Å². The predicted octanol–water partition coefficient (Wildman–Crippen LogP) is 3.01. The van der Waals surface area contributed by atoms with Gasteiger partial charge in [0.05, 0.1) is 0 Å². The maximum Gasteiger partial charge on any atom is 0.257 e. The Morgan fingerprint density at radius 1 is 0.966 bits per heavy atom. The average Bonchev–Trinajstić information content (AvgIpc) is 2.67. The predicted molar refractivity (Wildman–Crippen MR) is 117 cm³/mol. The van der Waals surface area contributed by atoms with Crippen LogP contribution in [0, 0.1) is 13.8 Å². The summed E-state index contributed by atoms with van der Waals surface area (Å²) < 4.78 is 0. The minimum absolute atomic E-state index is 0.00251. The summed E-state index contributed by atoms with van der Waals surface area (Å²) in [6.45, 7) is 3.83. The third kappa shape index (κ3) is 7.52. The fourth-order valence-electron chi connectivity index (χ4n) is 2.34. The number of aryl methyl sites for hydroxylation is 2. The molecule has 29 heavy (non-hydrogen) atoms. The van der Waals surface area contributed by atoms with Crippen molar-refractivity contribution in [2.75, 3.05) is 5.32 Å². The first-order valence-corrected chi connectivity index (χ1v) is 9.56. The number of amides is 3. The highest BCUT2D eigenvalue weighted by Gasteiger charge is 2.11. The summed E-state index contributed by atoms with van der Waals surface area (Å²) in [5, 5.41) is 5.54. The van der Waals surface area contributed by atoms with Gasteiger partial charge in [0.25, 0.3) is 5.91 Å². The monoisotopic (exact) mass is 432 g/mol. The van der Waals surface area contributed by atoms with Crippen LogP contribution in [0.1, 0.15) is 34.3 Å². The molecule has 0 heterocycles. The SMILES string of the molecule is Cc1ccc(C)c(NC(=O)CCC(=O)NNC(=S)NC(=O)c2cccc(Cl)c2)c1. The normalized spacial score (nSPS) is 10.0. The van der Waals surface area contributed by atoms with Crippen LogP contribution in [-0.2, 0) is 9.59 Å². The van der Waals surface area contributed by atoms with Gasteiger partial charge in [-0.3, -0.25) is 30.6 Å². The molecule has 152 valence electrons. The van der Waals surface area contributed by atoms with Crippen molar-refractivity contribution in [2.24, 2.45) is 0 Å². The molecule has 0 aliphatic carbocycles. The number of benzene rings is 2. The van der Waals surface area contributed by atoms with Crippen molar-refractivity contribution in [3.63, 3.8) is 0 Å². The zero-order chi connectivity index (χ0) is 21.4. The minimum atomic E-state index is -0.466. The molecule has 0 saturated carbocycles. The molecule has 0 spiro atoms. The van der Waals surface area contributed by atoms with E-state index in [0.717, 1.165) is 16.8 Å². The molecule has 0 saturated heterocycles. The first-order valence-electron chi connectivity index (χ1n) is 8.77. The van der Waals surface area contributed by atoms with Crippen molar-refractivity contribution in [3.05, 3.63) is 64.2 Å². The van der Waals surface area contributed by atoms with Crippen molar-refractivity contribution in [3.8, 4) is 0 Å². The van der Waals surface area contributed by atoms with E-state index < -0.39 is 11.8 Å². The van der Waals surface area contributed by atoms with E-state index in [1.54, 1.807) is 18.2 Å². The molecule has 7 nitrogen and oxygen atoms in total. The molecule has 2 aromatic carbocycles. The van der Waals surface area contributed by atoms with E-state index in [1.165, 1.54) is 6.07 Å². The summed E-state index contributed by atoms with van der Waals surface area (Å²) in [6, 6.07) is 12.1. The van der Waals surface area contributed by atoms with E-state index in [1.807, 2.05) is 32.0 Å². The minimum Gasteiger partial charge on any atom is -0.326 e. The van der Waals surface area contributed by atoms with E-state index in [4.69, 9.17) is 23.8 Å². The Hall–Kier alpha value is -2.97. The van der Waals surface area contributed by atoms with Crippen molar-refractivity contribution < 1.29 is 14.4 Å². The summed E-state index contributed by atoms with van der Waals surface area (Å²) in [4.78, 5) is 36.0. The van der Waals surface area contributed by atoms with Gasteiger partial charge >= 0.3 is 0 Å². The van der Waals surface area contributed by atoms with Crippen molar-refractivity contribution >= 4 is 52.3 Å². The van der Waals surface area contributed by atoms with Gasteiger partial charge in [-0.05, 0) is 61.5 Å². The standard InChI is InChI=1S/C20H21ClN4O3S/c1-12-6-7-13(2)16(10-12)22-17(26)8-9-18(27)24-25-20(29)23-19(28)14-4-3-5-15(21)11-14/h3-7,10-11H,8-9H2,1-2H3,(H,22,26)(H,24,27)(H2,23,25,28,29). The molecule has 0 radical (unpaired) electrons. The van der Waals surface area contributed by atoms with Gasteiger partial charge in [0, 0.05) is 29.1 Å². The lowest BCUT2D eigenvalue weighted by Gasteiger charge is -2.11. The number of anilines is 1. The molecule has 0 fully saturated rings. The highest BCUT2D eigenvalue weighted by Crippen LogP contribution is 2.16. The van der Waals surface area contributed by atoms with Gasteiger partial charge < -0.3 is 5.32 Å². The van der Waals surface area contributed by atoms with Gasteiger partial charge in [-0.15, -0.1) is 0 Å². The Bertz CT molecular complexity index is 949. The number of hydrogen-bond donors (Lipinski definition) is 4. The van der Waals surface area contributed by atoms with E-state index >= 15 is 0 Å². The fraction of sp³-hybridized carbons (Fsp3) is 0.200. The van der Waals surface area contributed by atoms with Gasteiger partial charge in [-0.1, -0.05) is 29.8 Å². The highest BCUT2D eigenvalue weighted by atomic mass is 35.5. The molecule has 0 bridgehead atoms. The van der Waals surface area contributed by atoms with Crippen LogP contribution >= 0.6 is 23.8 Å². The Morgan fingerprint density at radius 3 is 2.41 bits per heavy atom. The summed E-state index contributed by atoms with van der Waals surface area (Å²) in [5.41, 5.74) is 7.78. The Kier molecular flexibility index (Phi) is 8.11. The van der Waals surface area contributed by atoms with Gasteiger partial charge in [0.2, 0.25) is 11.8 Å². The van der Waals surface area contributed by atoms with Crippen molar-refractivity contribution in [1.29, 1.82) is 0 Å². The average molecular weight is 433 g/mol. The van der Waals surface area contributed by atoms with Crippen molar-refractivity contribution in [2.45, 2.75) is 26.7 Å². The van der Waals surface area contributed by atoms with E-state index in [9.17, 15) is 14.4 Å². The maximum absolute atomic E-state index is 12.0. The quantitative estimate of drug-likeness (QED) is 0.430. The number of carbonyl (C=O) groups is 3. The Labute approximate surface area is 179 Å². The lowest BCUT2D eigenvalue weighted by atomic mass is 10.1. The van der Waals surface area contributed by atoms with Crippen LogP contribution in [0.2, 0.25) is 5.02 Å². The Morgan fingerprint density at radius 2 is 1.69 bits per heavy atom. The van der Waals surface area contributed by atoms with E-state index in [-0.39, 0.29) is 23.9 Å². The lowest BCUT2D eigenvalue weighted by molar-refractivity contribution is -0.124. The van der Waals surface area contributed by atoms with Crippen molar-refractivity contribution in [1.82, 2.24) is 16.2 Å². The first-order chi connectivity index (χ1) is 13.7. The zero-order valence-electron chi connectivity index (χ0n) is 16.0. The number of carbonyl (C=O) groups excluding carboxylic acids is 3. The van der Waals surface area contributed by atoms with Gasteiger partial charge in [0.1, 0.15) is 0 Å². The van der Waals surface area contributed by atoms with Crippen LogP contribution in [0.4, 0.5) is 5.69 Å². The molecular weight excluding hydrogens is 412 g/mol. The van der Waals surface area contributed by atoms with Crippen LogP contribution in [0.25, 0.3) is 0 Å². The number of nitrogens with one attached hydrogen (secondary N) is 4. The molecule has 3 amide bonds. The molecule has 4 N–H and O–H groups in total. The fourth-order valence-corrected chi connectivity index (χ4v) is 2.67. The second kappa shape index (κ2) is 10.5. The zero-order valence-corrected chi connectivity index (χ0v) is 17.5. The third-order valence-corrected chi connectivity index (χ3v) is 4.31. The third-order valence-electron chi connectivity index (χ3n) is 3.88. The van der Waals surface area contributed by atoms with Crippen LogP contribution < -0.4 is 21.5 Å². The second-order valence-electron chi connectivity index (χ2n) is 6.33. The summed E-state index contributed by atoms with van der Waals surface area (Å²) in [7, 11) is 0. The molecule has 0 aromatic heterocycles. The topological polar surface area (TPSA) is 99.3 Å². The number of rotatable bonds is 5.